The van der Waals surface area contributed by atoms with Crippen molar-refractivity contribution in [1.29, 1.82) is 0 Å². The van der Waals surface area contributed by atoms with Crippen molar-refractivity contribution >= 4 is 18.0 Å². The molecular formula is C18H24N2O6. The van der Waals surface area contributed by atoms with E-state index in [0.29, 0.717) is 0 Å². The van der Waals surface area contributed by atoms with E-state index in [4.69, 9.17) is 4.74 Å². The molecule has 0 aliphatic rings. The van der Waals surface area contributed by atoms with Crippen LogP contribution in [0.25, 0.3) is 0 Å². The highest BCUT2D eigenvalue weighted by atomic mass is 16.5. The smallest absolute Gasteiger partial charge is 0.408 e. The van der Waals surface area contributed by atoms with E-state index >= 15 is 0 Å². The summed E-state index contributed by atoms with van der Waals surface area (Å²) in [6.07, 6.45) is -0.487. The molecule has 0 aromatic heterocycles. The first-order chi connectivity index (χ1) is 12.4. The molecule has 3 atom stereocenters. The van der Waals surface area contributed by atoms with E-state index in [9.17, 15) is 19.5 Å². The molecule has 1 rings (SSSR count). The number of ether oxygens (including phenoxy) is 2. The predicted octanol–water partition coefficient (Wildman–Crippen LogP) is 0.896. The topological polar surface area (TPSA) is 114 Å². The number of aliphatic hydroxyl groups is 1. The molecule has 8 nitrogen and oxygen atoms in total. The Morgan fingerprint density at radius 1 is 1.23 bits per heavy atom. The third kappa shape index (κ3) is 6.94. The average Bonchev–Trinajstić information content (AvgIpc) is 2.63. The lowest BCUT2D eigenvalue weighted by atomic mass is 10.1. The fraction of sp³-hybridized carbons (Fsp3) is 0.389. The van der Waals surface area contributed by atoms with Gasteiger partial charge in [0.2, 0.25) is 5.91 Å². The van der Waals surface area contributed by atoms with Gasteiger partial charge in [-0.25, -0.2) is 9.59 Å². The number of hydrogen-bond donors (Lipinski definition) is 3. The summed E-state index contributed by atoms with van der Waals surface area (Å²) in [5.41, 5.74) is 0.775. The molecule has 2 amide bonds. The molecule has 1 aromatic rings. The number of benzene rings is 1. The number of carbonyl (C=O) groups is 3. The number of hydrogen-bond acceptors (Lipinski definition) is 6. The van der Waals surface area contributed by atoms with Crippen molar-refractivity contribution in [2.45, 2.75) is 38.1 Å². The number of rotatable bonds is 9. The van der Waals surface area contributed by atoms with Gasteiger partial charge in [-0.1, -0.05) is 36.4 Å². The van der Waals surface area contributed by atoms with Gasteiger partial charge in [-0.2, -0.15) is 0 Å². The largest absolute Gasteiger partial charge is 0.467 e. The first kappa shape index (κ1) is 21.2. The number of alkyl carbamates (subject to hydrolysis) is 1. The molecule has 8 heteroatoms. The quantitative estimate of drug-likeness (QED) is 0.443. The summed E-state index contributed by atoms with van der Waals surface area (Å²) in [4.78, 5) is 35.9. The Bertz CT molecular complexity index is 617. The molecule has 0 heterocycles. The van der Waals surface area contributed by atoms with Crippen molar-refractivity contribution < 1.29 is 29.0 Å². The Morgan fingerprint density at radius 2 is 1.88 bits per heavy atom. The van der Waals surface area contributed by atoms with Gasteiger partial charge >= 0.3 is 12.1 Å². The molecule has 0 spiro atoms. The molecule has 142 valence electrons. The van der Waals surface area contributed by atoms with Gasteiger partial charge in [0.25, 0.3) is 0 Å². The van der Waals surface area contributed by atoms with Crippen LogP contribution >= 0.6 is 0 Å². The summed E-state index contributed by atoms with van der Waals surface area (Å²) in [5.74, 6) is -1.40. The molecular weight excluding hydrogens is 340 g/mol. The van der Waals surface area contributed by atoms with E-state index in [0.717, 1.165) is 5.56 Å². The summed E-state index contributed by atoms with van der Waals surface area (Å²) in [5, 5.41) is 14.5. The predicted molar refractivity (Wildman–Crippen MR) is 94.0 cm³/mol. The fourth-order valence-electron chi connectivity index (χ4n) is 2.08. The molecule has 0 aliphatic heterocycles. The van der Waals surface area contributed by atoms with Gasteiger partial charge in [-0.3, -0.25) is 4.79 Å². The molecule has 1 aromatic carbocycles. The van der Waals surface area contributed by atoms with Crippen LogP contribution in [0.5, 0.6) is 0 Å². The van der Waals surface area contributed by atoms with Gasteiger partial charge in [-0.05, 0) is 18.9 Å². The van der Waals surface area contributed by atoms with Crippen molar-refractivity contribution in [3.05, 3.63) is 48.6 Å². The Balaban J connectivity index is 2.65. The summed E-state index contributed by atoms with van der Waals surface area (Å²) in [6, 6.07) is 6.73. The number of carbonyl (C=O) groups excluding carboxylic acids is 3. The van der Waals surface area contributed by atoms with E-state index in [2.05, 4.69) is 21.9 Å². The van der Waals surface area contributed by atoms with Crippen LogP contribution in [0.2, 0.25) is 0 Å². The van der Waals surface area contributed by atoms with Gasteiger partial charge in [0, 0.05) is 0 Å². The lowest BCUT2D eigenvalue weighted by Crippen LogP contribution is -2.55. The van der Waals surface area contributed by atoms with Crippen molar-refractivity contribution in [2.24, 2.45) is 0 Å². The second-order valence-electron chi connectivity index (χ2n) is 5.53. The molecule has 0 saturated heterocycles. The van der Waals surface area contributed by atoms with E-state index in [1.807, 2.05) is 6.07 Å². The molecule has 26 heavy (non-hydrogen) atoms. The van der Waals surface area contributed by atoms with E-state index in [-0.39, 0.29) is 13.0 Å². The number of methoxy groups -OCH3 is 1. The van der Waals surface area contributed by atoms with Gasteiger partial charge < -0.3 is 25.2 Å². The lowest BCUT2D eigenvalue weighted by molar-refractivity contribution is -0.145. The van der Waals surface area contributed by atoms with Gasteiger partial charge in [0.15, 0.2) is 0 Å². The monoisotopic (exact) mass is 364 g/mol. The summed E-state index contributed by atoms with van der Waals surface area (Å²) in [7, 11) is 1.19. The van der Waals surface area contributed by atoms with Crippen LogP contribution in [0.3, 0.4) is 0 Å². The van der Waals surface area contributed by atoms with Crippen molar-refractivity contribution in [1.82, 2.24) is 10.6 Å². The summed E-state index contributed by atoms with van der Waals surface area (Å²) < 4.78 is 9.63. The minimum Gasteiger partial charge on any atom is -0.467 e. The Labute approximate surface area is 152 Å². The molecule has 3 N–H and O–H groups in total. The van der Waals surface area contributed by atoms with Gasteiger partial charge in [0.1, 0.15) is 18.7 Å². The van der Waals surface area contributed by atoms with Gasteiger partial charge in [0.05, 0.1) is 13.2 Å². The third-order valence-electron chi connectivity index (χ3n) is 3.46. The maximum absolute atomic E-state index is 12.3. The van der Waals surface area contributed by atoms with Crippen LogP contribution < -0.4 is 10.6 Å². The summed E-state index contributed by atoms with van der Waals surface area (Å²) in [6.45, 7) is 4.86. The highest BCUT2D eigenvalue weighted by molar-refractivity contribution is 5.90. The molecule has 0 aliphatic carbocycles. The van der Waals surface area contributed by atoms with Crippen molar-refractivity contribution in [3.63, 3.8) is 0 Å². The Kier molecular flexibility index (Phi) is 8.86. The minimum absolute atomic E-state index is 0.0159. The number of amides is 2. The average molecular weight is 364 g/mol. The zero-order valence-electron chi connectivity index (χ0n) is 14.8. The Morgan fingerprint density at radius 3 is 2.42 bits per heavy atom. The molecule has 0 bridgehead atoms. The molecule has 0 radical (unpaired) electrons. The van der Waals surface area contributed by atoms with Crippen LogP contribution in [0.4, 0.5) is 4.79 Å². The number of nitrogens with one attached hydrogen (secondary N) is 2. The van der Waals surface area contributed by atoms with Gasteiger partial charge in [-0.15, -0.1) is 6.58 Å². The van der Waals surface area contributed by atoms with Crippen LogP contribution in [0, 0.1) is 0 Å². The maximum atomic E-state index is 12.3. The zero-order chi connectivity index (χ0) is 19.5. The first-order valence-corrected chi connectivity index (χ1v) is 8.03. The normalized spacial score (nSPS) is 13.7. The van der Waals surface area contributed by atoms with E-state index in [1.165, 1.54) is 20.1 Å². The Hall–Kier alpha value is -2.87. The minimum atomic E-state index is -1.30. The molecule has 0 saturated carbocycles. The lowest BCUT2D eigenvalue weighted by Gasteiger charge is -2.23. The highest BCUT2D eigenvalue weighted by Crippen LogP contribution is 2.03. The van der Waals surface area contributed by atoms with Crippen LogP contribution in [0.1, 0.15) is 18.9 Å². The number of esters is 1. The molecule has 0 fully saturated rings. The first-order valence-electron chi connectivity index (χ1n) is 8.03. The van der Waals surface area contributed by atoms with Crippen molar-refractivity contribution in [3.8, 4) is 0 Å². The zero-order valence-corrected chi connectivity index (χ0v) is 14.8. The second kappa shape index (κ2) is 10.9. The molecule has 0 unspecified atom stereocenters. The van der Waals surface area contributed by atoms with Crippen LogP contribution in [-0.2, 0) is 25.7 Å². The second-order valence-corrected chi connectivity index (χ2v) is 5.53. The fourth-order valence-corrected chi connectivity index (χ4v) is 2.08. The number of aliphatic hydroxyl groups excluding tert-OH is 1. The summed E-state index contributed by atoms with van der Waals surface area (Å²) >= 11 is 0. The third-order valence-corrected chi connectivity index (χ3v) is 3.46. The van der Waals surface area contributed by atoms with E-state index < -0.39 is 36.2 Å². The van der Waals surface area contributed by atoms with E-state index in [1.54, 1.807) is 24.3 Å². The van der Waals surface area contributed by atoms with Crippen LogP contribution in [-0.4, -0.2) is 48.4 Å². The highest BCUT2D eigenvalue weighted by Gasteiger charge is 2.30. The standard InChI is InChI=1S/C18H24N2O6/c1-4-8-14(17(23)25-3)19-16(22)15(12(2)21)20-18(24)26-11-13-9-6-5-7-10-13/h4-7,9-10,12,14-15,21H,1,8,11H2,2-3H3,(H,19,22)(H,20,24)/t12-,14+,15+/m1/s1. The van der Waals surface area contributed by atoms with Crippen molar-refractivity contribution in [2.75, 3.05) is 7.11 Å². The SMILES string of the molecule is C=CC[C@H](NC(=O)[C@@H](NC(=O)OCc1ccccc1)[C@@H](C)O)C(=O)OC. The maximum Gasteiger partial charge on any atom is 0.408 e. The van der Waals surface area contributed by atoms with Crippen LogP contribution in [0.15, 0.2) is 43.0 Å².